The molecule has 3 aromatic rings. The van der Waals surface area contributed by atoms with Crippen LogP contribution >= 0.6 is 14.5 Å². The number of nitrogens with zero attached hydrogens (tertiary/aromatic N) is 6. The summed E-state index contributed by atoms with van der Waals surface area (Å²) in [6.07, 6.45) is 2.52. The summed E-state index contributed by atoms with van der Waals surface area (Å²) in [5.74, 6) is 0.550. The molecule has 89 heavy (non-hydrogen) atoms. The van der Waals surface area contributed by atoms with Crippen molar-refractivity contribution in [3.8, 4) is 0 Å². The number of anilines is 3. The van der Waals surface area contributed by atoms with E-state index in [2.05, 4.69) is 56.5 Å². The van der Waals surface area contributed by atoms with Crippen molar-refractivity contribution in [1.82, 2.24) is 28.7 Å². The second-order valence-corrected chi connectivity index (χ2v) is 35.3. The predicted molar refractivity (Wildman–Crippen MR) is 339 cm³/mol. The van der Waals surface area contributed by atoms with E-state index in [9.17, 15) is 28.7 Å². The van der Waals surface area contributed by atoms with E-state index in [1.807, 2.05) is 48.5 Å². The smallest absolute Gasteiger partial charge is 0.383 e. The van der Waals surface area contributed by atoms with Crippen LogP contribution in [0.2, 0.25) is 0 Å². The van der Waals surface area contributed by atoms with Crippen LogP contribution in [0.15, 0.2) is 33.0 Å². The van der Waals surface area contributed by atoms with Crippen LogP contribution in [-0.2, 0) is 67.6 Å². The summed E-state index contributed by atoms with van der Waals surface area (Å²) in [4.78, 5) is 70.8. The van der Waals surface area contributed by atoms with Gasteiger partial charge in [-0.05, 0) is 130 Å². The van der Waals surface area contributed by atoms with Gasteiger partial charge in [-0.3, -0.25) is 27.3 Å². The number of hydrogen-bond donors (Lipinski definition) is 5. The molecular formula is C60H101N9O17P2S. The summed E-state index contributed by atoms with van der Waals surface area (Å²) in [6.45, 7) is 38.6. The Morgan fingerprint density at radius 1 is 0.517 bits per heavy atom. The molecule has 5 unspecified atom stereocenters. The van der Waals surface area contributed by atoms with Gasteiger partial charge in [-0.1, -0.05) is 62.3 Å². The Kier molecular flexibility index (Phi) is 21.0. The molecule has 6 bridgehead atoms. The van der Waals surface area contributed by atoms with Gasteiger partial charge in [0, 0.05) is 54.5 Å². The van der Waals surface area contributed by atoms with Crippen LogP contribution in [0.5, 0.6) is 0 Å². The van der Waals surface area contributed by atoms with E-state index in [1.54, 1.807) is 74.0 Å². The summed E-state index contributed by atoms with van der Waals surface area (Å²) in [5.41, 5.74) is 13.3. The molecule has 0 amide bonds. The number of hydrogen-bond acceptors (Lipinski definition) is 22. The summed E-state index contributed by atoms with van der Waals surface area (Å²) < 4.78 is 83.9. The summed E-state index contributed by atoms with van der Waals surface area (Å²) in [6, 6.07) is 0. The maximum atomic E-state index is 12.8. The lowest BCUT2D eigenvalue weighted by Gasteiger charge is -2.44. The number of phosphoric ester groups is 1. The number of nitrogens with two attached hydrogens (primary N) is 3. The second kappa shape index (κ2) is 25.6. The topological polar surface area (TPSA) is 342 Å². The quantitative estimate of drug-likeness (QED) is 0.0998. The normalized spacial score (nSPS) is 31.0. The third-order valence-corrected chi connectivity index (χ3v) is 18.5. The van der Waals surface area contributed by atoms with E-state index in [4.69, 9.17) is 80.3 Å². The van der Waals surface area contributed by atoms with Gasteiger partial charge in [0.2, 0.25) is 0 Å². The van der Waals surface area contributed by atoms with Crippen molar-refractivity contribution in [2.24, 2.45) is 16.2 Å². The highest BCUT2D eigenvalue weighted by atomic mass is 32.5. The Morgan fingerprint density at radius 2 is 0.809 bits per heavy atom. The number of ether oxygens (including phenoxy) is 7. The number of rotatable bonds is 13. The molecule has 26 nitrogen and oxygen atoms in total. The minimum atomic E-state index is -4.46. The average molecular weight is 1310 g/mol. The lowest BCUT2D eigenvalue weighted by atomic mass is 9.76. The van der Waals surface area contributed by atoms with E-state index in [0.717, 1.165) is 18.4 Å². The Hall–Kier alpha value is -3.60. The van der Waals surface area contributed by atoms with Gasteiger partial charge in [-0.2, -0.15) is 15.0 Å². The molecule has 6 fully saturated rings. The summed E-state index contributed by atoms with van der Waals surface area (Å²) >= 11 is 5.33. The van der Waals surface area contributed by atoms with Crippen molar-refractivity contribution in [2.75, 3.05) is 37.0 Å². The fourth-order valence-electron chi connectivity index (χ4n) is 12.9. The number of phosphoric acid groups is 1. The van der Waals surface area contributed by atoms with Crippen molar-refractivity contribution in [1.29, 1.82) is 0 Å². The number of aryl methyl sites for hydroxylation is 3. The standard InChI is InChI=1S/C20H34N3O7P.C20H34N3O6PS.C20H33N3O4/c1-12-10-23(17(24)22-15(12)21)16-13-14(29-31(25,26)30-19(5,6)7)20(28-16,8-9-27-13)11-18(2,3)4;1-12-10-23(17(24)22-15(12)21)16-13-14(28-30(25,31)29-19(5,6)7)20(27-16,8-9-26-13)11-18(2,3)4;1-12-10-23(17(24)22-15(12)21)16-13-14(26-19(5,6)7)20(27-16,8-9-25-13)11-18(2,3)4/h10,13-14,16H,8-9,11H2,1-7H3,(H,25,26)(H2,21,22,24);10,13-14,16H,8-9,11H2,1-7H3,(H,25,31)(H2,21,22,24);10,13-14,16H,8-9,11H2,1-7H3,(H2,21,22,24)/t13?,14-,16-,20-;13?,14-,16-,20-,30?;13?,14-,16-,20-/m111/s1. The second-order valence-electron chi connectivity index (χ2n) is 31.2. The van der Waals surface area contributed by atoms with Crippen LogP contribution in [0.4, 0.5) is 17.5 Å². The third-order valence-electron chi connectivity index (χ3n) is 15.5. The van der Waals surface area contributed by atoms with Gasteiger partial charge in [0.25, 0.3) is 0 Å². The van der Waals surface area contributed by atoms with E-state index >= 15 is 0 Å². The molecule has 29 heteroatoms. The fourth-order valence-corrected chi connectivity index (χ4v) is 16.5. The summed E-state index contributed by atoms with van der Waals surface area (Å²) in [7, 11) is -4.46. The van der Waals surface area contributed by atoms with Gasteiger partial charge in [-0.25, -0.2) is 18.9 Å². The first kappa shape index (κ1) is 72.8. The van der Waals surface area contributed by atoms with E-state index < -0.39 is 103 Å². The van der Waals surface area contributed by atoms with Crippen LogP contribution in [0.25, 0.3) is 0 Å². The molecule has 14 atom stereocenters. The van der Waals surface area contributed by atoms with Gasteiger partial charge in [0.15, 0.2) is 18.7 Å². The molecule has 3 aromatic heterocycles. The largest absolute Gasteiger partial charge is 0.473 e. The first-order chi connectivity index (χ1) is 40.4. The fraction of sp³-hybridized carbons (Fsp3) is 0.800. The Morgan fingerprint density at radius 3 is 1.10 bits per heavy atom. The highest BCUT2D eigenvalue weighted by Gasteiger charge is 2.65. The monoisotopic (exact) mass is 1310 g/mol. The van der Waals surface area contributed by atoms with Crippen molar-refractivity contribution in [2.45, 2.75) is 273 Å². The molecule has 9 heterocycles. The number of aromatic nitrogens is 6. The molecule has 504 valence electrons. The SMILES string of the molecule is Cc1cn([C@@H]2O[C@@]3(CC(C)(C)C)CCOC2[C@H]3OC(C)(C)C)c(=O)nc1N.Cc1cn([C@@H]2O[C@@]3(CC(C)(C)C)CCOC2[C@H]3OP(=O)(O)OC(C)(C)C)c(=O)nc1N.Cc1cn([C@@H]2O[C@@]3(CC(C)(C)C)CCOC2[C@H]3OP(O)(=S)OC(C)(C)C)c(=O)nc1N. The molecule has 0 saturated carbocycles. The number of fused-ring (bicyclic) bond motifs is 6. The number of nitrogen functional groups attached to an aromatic ring is 3. The molecule has 0 radical (unpaired) electrons. The molecule has 6 saturated heterocycles. The van der Waals surface area contributed by atoms with Gasteiger partial charge in [-0.15, -0.1) is 0 Å². The van der Waals surface area contributed by atoms with E-state index in [1.165, 1.54) is 13.7 Å². The molecule has 0 spiro atoms. The minimum absolute atomic E-state index is 0.0382. The first-order valence-corrected chi connectivity index (χ1v) is 34.5. The Balaban J connectivity index is 0.000000191. The molecule has 6 aliphatic rings. The lowest BCUT2D eigenvalue weighted by Crippen LogP contribution is -2.54. The molecule has 8 N–H and O–H groups in total. The van der Waals surface area contributed by atoms with Gasteiger partial charge < -0.3 is 64.7 Å². The molecular weight excluding hydrogens is 1210 g/mol. The first-order valence-electron chi connectivity index (χ1n) is 30.4. The zero-order valence-corrected chi connectivity index (χ0v) is 58.6. The van der Waals surface area contributed by atoms with E-state index in [0.29, 0.717) is 56.6 Å². The van der Waals surface area contributed by atoms with Crippen LogP contribution in [0.1, 0.15) is 199 Å². The summed E-state index contributed by atoms with van der Waals surface area (Å²) in [5, 5.41) is 0. The van der Waals surface area contributed by atoms with Gasteiger partial charge in [0.1, 0.15) is 70.9 Å². The Labute approximate surface area is 528 Å². The lowest BCUT2D eigenvalue weighted by molar-refractivity contribution is -0.195. The van der Waals surface area contributed by atoms with Gasteiger partial charge in [0.05, 0.1) is 36.6 Å². The van der Waals surface area contributed by atoms with Crippen LogP contribution in [-0.4, -0.2) is 128 Å². The van der Waals surface area contributed by atoms with Crippen LogP contribution in [0.3, 0.4) is 0 Å². The zero-order chi connectivity index (χ0) is 67.0. The highest BCUT2D eigenvalue weighted by Crippen LogP contribution is 2.60. The third kappa shape index (κ3) is 17.8. The maximum absolute atomic E-state index is 12.8. The van der Waals surface area contributed by atoms with Crippen LogP contribution < -0.4 is 34.3 Å². The minimum Gasteiger partial charge on any atom is -0.383 e. The molecule has 6 aliphatic heterocycles. The van der Waals surface area contributed by atoms with Crippen LogP contribution in [0, 0.1) is 37.0 Å². The predicted octanol–water partition coefficient (Wildman–Crippen LogP) is 8.78. The Bertz CT molecular complexity index is 3170. The molecule has 0 aliphatic carbocycles. The van der Waals surface area contributed by atoms with Crippen molar-refractivity contribution in [3.05, 3.63) is 66.7 Å². The molecule has 9 rings (SSSR count). The van der Waals surface area contributed by atoms with Crippen molar-refractivity contribution < 1.29 is 65.6 Å². The zero-order valence-electron chi connectivity index (χ0n) is 56.0. The maximum Gasteiger partial charge on any atom is 0.473 e. The average Bonchev–Trinajstić information content (AvgIpc) is 1.75. The van der Waals surface area contributed by atoms with Crippen molar-refractivity contribution >= 4 is 43.8 Å². The van der Waals surface area contributed by atoms with Crippen molar-refractivity contribution in [3.63, 3.8) is 0 Å². The highest BCUT2D eigenvalue weighted by molar-refractivity contribution is 8.07. The molecule has 0 aromatic carbocycles. The van der Waals surface area contributed by atoms with Gasteiger partial charge >= 0.3 is 31.6 Å². The van der Waals surface area contributed by atoms with E-state index in [-0.39, 0.29) is 51.5 Å².